The Balaban J connectivity index is 0.00000208. The zero-order valence-electron chi connectivity index (χ0n) is 14.6. The molecule has 3 rings (SSSR count). The summed E-state index contributed by atoms with van der Waals surface area (Å²) >= 11 is 0. The average molecular weight is 351 g/mol. The molecule has 132 valence electrons. The van der Waals surface area contributed by atoms with E-state index >= 15 is 0 Å². The number of rotatable bonds is 4. The highest BCUT2D eigenvalue weighted by Gasteiger charge is 2.36. The van der Waals surface area contributed by atoms with Gasteiger partial charge in [0.1, 0.15) is 5.82 Å². The van der Waals surface area contributed by atoms with Crippen LogP contribution in [0, 0.1) is 12.3 Å². The lowest BCUT2D eigenvalue weighted by atomic mass is 9.77. The minimum absolute atomic E-state index is 0. The lowest BCUT2D eigenvalue weighted by molar-refractivity contribution is -0.126. The molecule has 1 fully saturated rings. The molecule has 1 amide bonds. The van der Waals surface area contributed by atoms with Gasteiger partial charge in [0.05, 0.1) is 17.1 Å². The Labute approximate surface area is 149 Å². The van der Waals surface area contributed by atoms with Crippen molar-refractivity contribution in [2.45, 2.75) is 46.2 Å². The van der Waals surface area contributed by atoms with E-state index in [1.165, 1.54) is 0 Å². The summed E-state index contributed by atoms with van der Waals surface area (Å²) in [4.78, 5) is 17.1. The Morgan fingerprint density at radius 2 is 2.17 bits per heavy atom. The van der Waals surface area contributed by atoms with Gasteiger partial charge >= 0.3 is 0 Å². The number of amides is 1. The molecule has 2 heterocycles. The summed E-state index contributed by atoms with van der Waals surface area (Å²) in [6, 6.07) is 8.01. The first kappa shape index (κ1) is 18.7. The largest absolute Gasteiger partial charge is 0.353 e. The maximum absolute atomic E-state index is 12.5. The highest BCUT2D eigenvalue weighted by molar-refractivity contribution is 5.85. The Morgan fingerprint density at radius 3 is 2.92 bits per heavy atom. The van der Waals surface area contributed by atoms with Crippen LogP contribution in [-0.2, 0) is 11.3 Å². The van der Waals surface area contributed by atoms with E-state index in [-0.39, 0.29) is 29.8 Å². The number of hydrogen-bond donors (Lipinski definition) is 2. The van der Waals surface area contributed by atoms with Gasteiger partial charge in [-0.15, -0.1) is 12.4 Å². The fourth-order valence-corrected chi connectivity index (χ4v) is 3.53. The topological polar surface area (TPSA) is 59.0 Å². The molecule has 1 saturated heterocycles. The molecule has 1 aromatic heterocycles. The van der Waals surface area contributed by atoms with Crippen molar-refractivity contribution < 1.29 is 4.79 Å². The van der Waals surface area contributed by atoms with Crippen molar-refractivity contribution in [3.05, 3.63) is 30.1 Å². The molecule has 1 atom stereocenters. The molecule has 0 spiro atoms. The number of halogens is 1. The van der Waals surface area contributed by atoms with Crippen LogP contribution >= 0.6 is 12.4 Å². The zero-order chi connectivity index (χ0) is 16.4. The third kappa shape index (κ3) is 3.73. The van der Waals surface area contributed by atoms with Gasteiger partial charge in [-0.3, -0.25) is 4.79 Å². The van der Waals surface area contributed by atoms with Gasteiger partial charge in [0.25, 0.3) is 0 Å². The van der Waals surface area contributed by atoms with Crippen LogP contribution in [0.3, 0.4) is 0 Å². The molecule has 0 aliphatic carbocycles. The molecule has 24 heavy (non-hydrogen) atoms. The number of benzene rings is 1. The van der Waals surface area contributed by atoms with Gasteiger partial charge in [-0.05, 0) is 43.9 Å². The van der Waals surface area contributed by atoms with Crippen LogP contribution in [0.1, 0.15) is 32.5 Å². The van der Waals surface area contributed by atoms with Crippen LogP contribution < -0.4 is 10.6 Å². The monoisotopic (exact) mass is 350 g/mol. The van der Waals surface area contributed by atoms with E-state index in [4.69, 9.17) is 0 Å². The van der Waals surface area contributed by atoms with Gasteiger partial charge in [0.15, 0.2) is 0 Å². The fourth-order valence-electron chi connectivity index (χ4n) is 3.53. The number of piperidine rings is 1. The third-order valence-electron chi connectivity index (χ3n) is 4.87. The highest BCUT2D eigenvalue weighted by atomic mass is 35.5. The van der Waals surface area contributed by atoms with Gasteiger partial charge < -0.3 is 15.2 Å². The number of hydrogen-bond acceptors (Lipinski definition) is 3. The van der Waals surface area contributed by atoms with Gasteiger partial charge in [-0.25, -0.2) is 4.98 Å². The van der Waals surface area contributed by atoms with E-state index < -0.39 is 0 Å². The maximum atomic E-state index is 12.5. The van der Waals surface area contributed by atoms with E-state index in [0.717, 1.165) is 42.8 Å². The number of nitrogens with zero attached hydrogens (tertiary/aromatic N) is 2. The van der Waals surface area contributed by atoms with E-state index in [1.807, 2.05) is 25.1 Å². The van der Waals surface area contributed by atoms with E-state index in [2.05, 4.69) is 40.1 Å². The predicted octanol–water partition coefficient (Wildman–Crippen LogP) is 2.66. The normalized spacial score (nSPS) is 19.7. The third-order valence-corrected chi connectivity index (χ3v) is 4.87. The van der Waals surface area contributed by atoms with Gasteiger partial charge in [0.2, 0.25) is 5.91 Å². The molecule has 1 aliphatic rings. The molecule has 5 nitrogen and oxygen atoms in total. The quantitative estimate of drug-likeness (QED) is 0.891. The molecule has 1 aromatic carbocycles. The molecule has 1 aliphatic heterocycles. The first-order chi connectivity index (χ1) is 11.0. The van der Waals surface area contributed by atoms with Crippen molar-refractivity contribution in [1.82, 2.24) is 20.2 Å². The molecule has 0 radical (unpaired) electrons. The number of fused-ring (bicyclic) bond motifs is 1. The first-order valence-electron chi connectivity index (χ1n) is 8.42. The average Bonchev–Trinajstić information content (AvgIpc) is 2.82. The van der Waals surface area contributed by atoms with E-state index in [0.29, 0.717) is 6.54 Å². The molecule has 6 heteroatoms. The first-order valence-corrected chi connectivity index (χ1v) is 8.42. The number of carbonyl (C=O) groups excluding carboxylic acids is 1. The number of aromatic nitrogens is 2. The van der Waals surface area contributed by atoms with E-state index in [9.17, 15) is 4.79 Å². The molecule has 0 bridgehead atoms. The fraction of sp³-hybridized carbons (Fsp3) is 0.556. The molecular formula is C18H27ClN4O. The summed E-state index contributed by atoms with van der Waals surface area (Å²) in [5.74, 6) is 1.09. The summed E-state index contributed by atoms with van der Waals surface area (Å²) in [6.07, 6.45) is 2.22. The van der Waals surface area contributed by atoms with Crippen LogP contribution in [0.25, 0.3) is 11.0 Å². The summed E-state index contributed by atoms with van der Waals surface area (Å²) < 4.78 is 2.16. The van der Waals surface area contributed by atoms with Crippen LogP contribution in [0.2, 0.25) is 0 Å². The Hall–Kier alpha value is -1.59. The minimum Gasteiger partial charge on any atom is -0.353 e. The molecule has 2 aromatic rings. The van der Waals surface area contributed by atoms with Crippen LogP contribution in [0.5, 0.6) is 0 Å². The molecule has 1 unspecified atom stereocenters. The standard InChI is InChI=1S/C18H26N4O.ClH/c1-13-21-14-7-4-5-8-15(14)22(13)12-11-20-17(23)16-18(2,3)9-6-10-19-16;/h4-5,7-8,16,19H,6,9-12H2,1-3H3,(H,20,23);1H. The van der Waals surface area contributed by atoms with Crippen molar-refractivity contribution in [3.63, 3.8) is 0 Å². The Bertz CT molecular complexity index is 710. The Kier molecular flexibility index (Phi) is 5.88. The maximum Gasteiger partial charge on any atom is 0.237 e. The highest BCUT2D eigenvalue weighted by Crippen LogP contribution is 2.30. The van der Waals surface area contributed by atoms with Crippen LogP contribution in [-0.4, -0.2) is 34.6 Å². The van der Waals surface area contributed by atoms with Gasteiger partial charge in [-0.1, -0.05) is 26.0 Å². The Morgan fingerprint density at radius 1 is 1.42 bits per heavy atom. The summed E-state index contributed by atoms with van der Waals surface area (Å²) in [5.41, 5.74) is 2.14. The SMILES string of the molecule is Cc1nc2ccccc2n1CCNC(=O)C1NCCCC1(C)C.Cl. The second-order valence-electron chi connectivity index (χ2n) is 7.07. The lowest BCUT2D eigenvalue weighted by Crippen LogP contribution is -2.55. The number of imidazole rings is 1. The van der Waals surface area contributed by atoms with Crippen molar-refractivity contribution in [2.75, 3.05) is 13.1 Å². The van der Waals surface area contributed by atoms with Crippen molar-refractivity contribution in [3.8, 4) is 0 Å². The zero-order valence-corrected chi connectivity index (χ0v) is 15.4. The van der Waals surface area contributed by atoms with Crippen LogP contribution in [0.15, 0.2) is 24.3 Å². The van der Waals surface area contributed by atoms with Crippen molar-refractivity contribution in [2.24, 2.45) is 5.41 Å². The van der Waals surface area contributed by atoms with Gasteiger partial charge in [-0.2, -0.15) is 0 Å². The number of nitrogens with one attached hydrogen (secondary N) is 2. The number of aryl methyl sites for hydroxylation is 1. The number of carbonyl (C=O) groups is 1. The lowest BCUT2D eigenvalue weighted by Gasteiger charge is -2.38. The summed E-state index contributed by atoms with van der Waals surface area (Å²) in [5, 5.41) is 6.45. The summed E-state index contributed by atoms with van der Waals surface area (Å²) in [7, 11) is 0. The molecule has 0 saturated carbocycles. The molecular weight excluding hydrogens is 324 g/mol. The number of para-hydroxylation sites is 2. The minimum atomic E-state index is -0.100. The van der Waals surface area contributed by atoms with Gasteiger partial charge in [0, 0.05) is 13.1 Å². The molecule has 2 N–H and O–H groups in total. The van der Waals surface area contributed by atoms with E-state index in [1.54, 1.807) is 0 Å². The summed E-state index contributed by atoms with van der Waals surface area (Å²) in [6.45, 7) is 8.62. The second kappa shape index (κ2) is 7.53. The van der Waals surface area contributed by atoms with Crippen molar-refractivity contribution >= 4 is 29.3 Å². The smallest absolute Gasteiger partial charge is 0.237 e. The predicted molar refractivity (Wildman–Crippen MR) is 99.5 cm³/mol. The second-order valence-corrected chi connectivity index (χ2v) is 7.07. The van der Waals surface area contributed by atoms with Crippen LogP contribution in [0.4, 0.5) is 0 Å². The van der Waals surface area contributed by atoms with Crippen molar-refractivity contribution in [1.29, 1.82) is 0 Å².